The molecule has 0 aromatic heterocycles. The fourth-order valence-electron chi connectivity index (χ4n) is 2.71. The molecule has 5 heteroatoms. The maximum absolute atomic E-state index is 13.9. The van der Waals surface area contributed by atoms with Crippen LogP contribution in [-0.2, 0) is 4.79 Å². The monoisotopic (exact) mass is 300 g/mol. The molecular formula is C15H22ClFN2O. The van der Waals surface area contributed by atoms with Gasteiger partial charge in [-0.1, -0.05) is 32.0 Å². The zero-order valence-corrected chi connectivity index (χ0v) is 12.7. The Balaban J connectivity index is 0.00000200. The number of hydrogen-bond donors (Lipinski definition) is 1. The van der Waals surface area contributed by atoms with Gasteiger partial charge in [0, 0.05) is 24.6 Å². The molecule has 1 aromatic rings. The van der Waals surface area contributed by atoms with Crippen molar-refractivity contribution in [3.63, 3.8) is 0 Å². The zero-order valence-electron chi connectivity index (χ0n) is 11.9. The average molecular weight is 301 g/mol. The van der Waals surface area contributed by atoms with E-state index >= 15 is 0 Å². The van der Waals surface area contributed by atoms with Crippen molar-refractivity contribution in [2.24, 2.45) is 17.6 Å². The molecule has 1 amide bonds. The SMILES string of the molecule is CC1CC(c2ccccc2F)N(C(=O)C(C)CN)C1.Cl. The first-order valence-corrected chi connectivity index (χ1v) is 6.79. The number of carbonyl (C=O) groups is 1. The Morgan fingerprint density at radius 3 is 2.75 bits per heavy atom. The first kappa shape index (κ1) is 16.9. The van der Waals surface area contributed by atoms with Gasteiger partial charge in [0.15, 0.2) is 0 Å². The van der Waals surface area contributed by atoms with E-state index in [-0.39, 0.29) is 36.1 Å². The van der Waals surface area contributed by atoms with Gasteiger partial charge in [0.2, 0.25) is 5.91 Å². The number of hydrogen-bond acceptors (Lipinski definition) is 2. The number of benzene rings is 1. The van der Waals surface area contributed by atoms with E-state index in [1.54, 1.807) is 17.0 Å². The van der Waals surface area contributed by atoms with Gasteiger partial charge in [-0.05, 0) is 18.4 Å². The van der Waals surface area contributed by atoms with Gasteiger partial charge in [-0.15, -0.1) is 12.4 Å². The molecule has 1 aliphatic rings. The van der Waals surface area contributed by atoms with Crippen LogP contribution in [0.4, 0.5) is 4.39 Å². The molecular weight excluding hydrogens is 279 g/mol. The summed E-state index contributed by atoms with van der Waals surface area (Å²) < 4.78 is 13.9. The highest BCUT2D eigenvalue weighted by atomic mass is 35.5. The Hall–Kier alpha value is -1.13. The summed E-state index contributed by atoms with van der Waals surface area (Å²) in [6.45, 7) is 4.92. The molecule has 0 spiro atoms. The largest absolute Gasteiger partial charge is 0.335 e. The molecule has 0 saturated carbocycles. The summed E-state index contributed by atoms with van der Waals surface area (Å²) in [6, 6.07) is 6.55. The molecule has 20 heavy (non-hydrogen) atoms. The van der Waals surface area contributed by atoms with Crippen LogP contribution in [0.15, 0.2) is 24.3 Å². The smallest absolute Gasteiger partial charge is 0.227 e. The number of amides is 1. The summed E-state index contributed by atoms with van der Waals surface area (Å²) >= 11 is 0. The van der Waals surface area contributed by atoms with E-state index in [1.807, 2.05) is 13.0 Å². The van der Waals surface area contributed by atoms with Crippen LogP contribution in [0.1, 0.15) is 31.9 Å². The highest BCUT2D eigenvalue weighted by Crippen LogP contribution is 2.37. The quantitative estimate of drug-likeness (QED) is 0.933. The van der Waals surface area contributed by atoms with Crippen LogP contribution < -0.4 is 5.73 Å². The molecule has 3 nitrogen and oxygen atoms in total. The molecule has 1 saturated heterocycles. The molecule has 1 aliphatic heterocycles. The third-order valence-corrected chi connectivity index (χ3v) is 3.83. The van der Waals surface area contributed by atoms with Gasteiger partial charge in [0.05, 0.1) is 6.04 Å². The van der Waals surface area contributed by atoms with E-state index in [2.05, 4.69) is 6.92 Å². The molecule has 0 radical (unpaired) electrons. The lowest BCUT2D eigenvalue weighted by molar-refractivity contribution is -0.135. The minimum atomic E-state index is -0.236. The van der Waals surface area contributed by atoms with Crippen molar-refractivity contribution in [1.29, 1.82) is 0 Å². The van der Waals surface area contributed by atoms with Gasteiger partial charge in [0.25, 0.3) is 0 Å². The fraction of sp³-hybridized carbons (Fsp3) is 0.533. The predicted molar refractivity (Wildman–Crippen MR) is 80.1 cm³/mol. The van der Waals surface area contributed by atoms with Crippen molar-refractivity contribution in [1.82, 2.24) is 4.90 Å². The second kappa shape index (κ2) is 7.04. The van der Waals surface area contributed by atoms with Gasteiger partial charge >= 0.3 is 0 Å². The summed E-state index contributed by atoms with van der Waals surface area (Å²) in [6.07, 6.45) is 0.809. The van der Waals surface area contributed by atoms with Gasteiger partial charge in [-0.25, -0.2) is 4.39 Å². The Bertz CT molecular complexity index is 469. The number of carbonyl (C=O) groups excluding carboxylic acids is 1. The Morgan fingerprint density at radius 2 is 2.15 bits per heavy atom. The van der Waals surface area contributed by atoms with Crippen LogP contribution in [-0.4, -0.2) is 23.9 Å². The highest BCUT2D eigenvalue weighted by Gasteiger charge is 2.36. The molecule has 112 valence electrons. The lowest BCUT2D eigenvalue weighted by Crippen LogP contribution is -2.38. The van der Waals surface area contributed by atoms with E-state index in [0.717, 1.165) is 6.42 Å². The molecule has 3 atom stereocenters. The second-order valence-corrected chi connectivity index (χ2v) is 5.51. The predicted octanol–water partition coefficient (Wildman–Crippen LogP) is 2.75. The maximum Gasteiger partial charge on any atom is 0.227 e. The third-order valence-electron chi connectivity index (χ3n) is 3.83. The number of nitrogens with zero attached hydrogens (tertiary/aromatic N) is 1. The Kier molecular flexibility index (Phi) is 5.96. The lowest BCUT2D eigenvalue weighted by atomic mass is 10.00. The van der Waals surface area contributed by atoms with Crippen LogP contribution >= 0.6 is 12.4 Å². The molecule has 0 bridgehead atoms. The van der Waals surface area contributed by atoms with Crippen molar-refractivity contribution >= 4 is 18.3 Å². The summed E-state index contributed by atoms with van der Waals surface area (Å²) in [7, 11) is 0. The standard InChI is InChI=1S/C15H21FN2O.ClH/c1-10-7-14(12-5-3-4-6-13(12)16)18(9-10)15(19)11(2)8-17;/h3-6,10-11,14H,7-9,17H2,1-2H3;1H. The van der Waals surface area contributed by atoms with Crippen molar-refractivity contribution in [3.05, 3.63) is 35.6 Å². The van der Waals surface area contributed by atoms with Gasteiger partial charge in [-0.2, -0.15) is 0 Å². The second-order valence-electron chi connectivity index (χ2n) is 5.51. The summed E-state index contributed by atoms with van der Waals surface area (Å²) in [4.78, 5) is 14.1. The first-order chi connectivity index (χ1) is 9.04. The first-order valence-electron chi connectivity index (χ1n) is 6.79. The molecule has 0 aliphatic carbocycles. The maximum atomic E-state index is 13.9. The summed E-state index contributed by atoms with van der Waals surface area (Å²) in [5.41, 5.74) is 6.18. The van der Waals surface area contributed by atoms with Gasteiger partial charge in [-0.3, -0.25) is 4.79 Å². The van der Waals surface area contributed by atoms with E-state index in [4.69, 9.17) is 5.73 Å². The molecule has 1 aromatic carbocycles. The number of nitrogens with two attached hydrogens (primary N) is 1. The van der Waals surface area contributed by atoms with Crippen molar-refractivity contribution < 1.29 is 9.18 Å². The van der Waals surface area contributed by atoms with Crippen molar-refractivity contribution in [2.45, 2.75) is 26.3 Å². The number of likely N-dealkylation sites (tertiary alicyclic amines) is 1. The van der Waals surface area contributed by atoms with Gasteiger partial charge in [0.1, 0.15) is 5.82 Å². The number of halogens is 2. The van der Waals surface area contributed by atoms with Crippen LogP contribution in [0.2, 0.25) is 0 Å². The zero-order chi connectivity index (χ0) is 14.0. The van der Waals surface area contributed by atoms with Crippen LogP contribution in [0.25, 0.3) is 0 Å². The average Bonchev–Trinajstić information content (AvgIpc) is 2.79. The molecule has 1 fully saturated rings. The topological polar surface area (TPSA) is 46.3 Å². The molecule has 2 rings (SSSR count). The van der Waals surface area contributed by atoms with Crippen LogP contribution in [0.3, 0.4) is 0 Å². The Labute approximate surface area is 125 Å². The Morgan fingerprint density at radius 1 is 1.50 bits per heavy atom. The normalized spacial score (nSPS) is 23.3. The van der Waals surface area contributed by atoms with E-state index in [9.17, 15) is 9.18 Å². The van der Waals surface area contributed by atoms with Gasteiger partial charge < -0.3 is 10.6 Å². The van der Waals surface area contributed by atoms with E-state index in [1.165, 1.54) is 6.07 Å². The minimum Gasteiger partial charge on any atom is -0.335 e. The summed E-state index contributed by atoms with van der Waals surface area (Å²) in [5, 5.41) is 0. The van der Waals surface area contributed by atoms with E-state index in [0.29, 0.717) is 24.6 Å². The van der Waals surface area contributed by atoms with E-state index < -0.39 is 0 Å². The molecule has 1 heterocycles. The fourth-order valence-corrected chi connectivity index (χ4v) is 2.71. The van der Waals surface area contributed by atoms with Crippen LogP contribution in [0, 0.1) is 17.7 Å². The third kappa shape index (κ3) is 3.30. The minimum absolute atomic E-state index is 0. The summed E-state index contributed by atoms with van der Waals surface area (Å²) in [5.74, 6) is -0.0296. The molecule has 2 N–H and O–H groups in total. The van der Waals surface area contributed by atoms with Crippen LogP contribution in [0.5, 0.6) is 0 Å². The van der Waals surface area contributed by atoms with Crippen molar-refractivity contribution in [2.75, 3.05) is 13.1 Å². The molecule has 3 unspecified atom stereocenters. The number of rotatable bonds is 3. The lowest BCUT2D eigenvalue weighted by Gasteiger charge is -2.27. The highest BCUT2D eigenvalue weighted by molar-refractivity contribution is 5.85. The van der Waals surface area contributed by atoms with Crippen molar-refractivity contribution in [3.8, 4) is 0 Å².